The summed E-state index contributed by atoms with van der Waals surface area (Å²) < 4.78 is 5.02. The first-order valence-corrected chi connectivity index (χ1v) is 4.30. The van der Waals surface area contributed by atoms with E-state index in [-0.39, 0.29) is 5.92 Å². The highest BCUT2D eigenvalue weighted by atomic mass is 16.5. The molecule has 0 bridgehead atoms. The van der Waals surface area contributed by atoms with Gasteiger partial charge in [0.15, 0.2) is 0 Å². The van der Waals surface area contributed by atoms with Gasteiger partial charge in [0.2, 0.25) is 0 Å². The van der Waals surface area contributed by atoms with Gasteiger partial charge in [-0.3, -0.25) is 4.79 Å². The maximum absolute atomic E-state index is 10.6. The molecule has 0 saturated heterocycles. The minimum Gasteiger partial charge on any atom is -0.497 e. The van der Waals surface area contributed by atoms with Gasteiger partial charge in [0.25, 0.3) is 0 Å². The second-order valence-electron chi connectivity index (χ2n) is 3.08. The second kappa shape index (κ2) is 4.56. The molecule has 1 aromatic rings. The van der Waals surface area contributed by atoms with Crippen molar-refractivity contribution in [1.82, 2.24) is 0 Å². The molecule has 0 aliphatic rings. The van der Waals surface area contributed by atoms with Gasteiger partial charge in [-0.25, -0.2) is 0 Å². The Labute approximate surface area is 82.7 Å². The molecule has 0 aromatic heterocycles. The molecule has 0 saturated carbocycles. The first kappa shape index (κ1) is 10.4. The van der Waals surface area contributed by atoms with E-state index in [1.54, 1.807) is 25.1 Å². The molecule has 0 amide bonds. The molecule has 3 heteroatoms. The van der Waals surface area contributed by atoms with Crippen LogP contribution in [-0.2, 0) is 4.79 Å². The van der Waals surface area contributed by atoms with Crippen LogP contribution >= 0.6 is 0 Å². The number of rotatable bonds is 4. The minimum atomic E-state index is -0.219. The zero-order valence-corrected chi connectivity index (χ0v) is 8.19. The predicted octanol–water partition coefficient (Wildman–Crippen LogP) is 1.81. The highest BCUT2D eigenvalue weighted by Crippen LogP contribution is 2.21. The summed E-state index contributed by atoms with van der Waals surface area (Å²) in [4.78, 5) is 21.2. The van der Waals surface area contributed by atoms with E-state index >= 15 is 0 Å². The number of hydrogen-bond acceptors (Lipinski definition) is 3. The molecule has 0 spiro atoms. The fraction of sp³-hybridized carbons (Fsp3) is 0.273. The SMILES string of the molecule is COc1cc(C=O)cc(C(C)C=O)c1. The van der Waals surface area contributed by atoms with Crippen molar-refractivity contribution < 1.29 is 14.3 Å². The van der Waals surface area contributed by atoms with Crippen LogP contribution in [0.4, 0.5) is 0 Å². The van der Waals surface area contributed by atoms with Crippen LogP contribution in [0.2, 0.25) is 0 Å². The molecule has 1 rings (SSSR count). The zero-order chi connectivity index (χ0) is 10.6. The van der Waals surface area contributed by atoms with Crippen molar-refractivity contribution >= 4 is 12.6 Å². The fourth-order valence-corrected chi connectivity index (χ4v) is 1.17. The Kier molecular flexibility index (Phi) is 3.40. The van der Waals surface area contributed by atoms with Gasteiger partial charge in [-0.15, -0.1) is 0 Å². The summed E-state index contributed by atoms with van der Waals surface area (Å²) in [5, 5.41) is 0. The number of ether oxygens (including phenoxy) is 1. The van der Waals surface area contributed by atoms with E-state index in [9.17, 15) is 9.59 Å². The van der Waals surface area contributed by atoms with Crippen molar-refractivity contribution in [2.45, 2.75) is 12.8 Å². The van der Waals surface area contributed by atoms with Crippen molar-refractivity contribution in [1.29, 1.82) is 0 Å². The molecule has 1 atom stereocenters. The maximum atomic E-state index is 10.6. The van der Waals surface area contributed by atoms with Gasteiger partial charge in [-0.1, -0.05) is 6.92 Å². The van der Waals surface area contributed by atoms with Crippen LogP contribution in [0.15, 0.2) is 18.2 Å². The van der Waals surface area contributed by atoms with Crippen molar-refractivity contribution in [2.75, 3.05) is 7.11 Å². The molecule has 0 fully saturated rings. The Balaban J connectivity index is 3.16. The van der Waals surface area contributed by atoms with Gasteiger partial charge in [0, 0.05) is 11.5 Å². The Hall–Kier alpha value is -1.64. The number of benzene rings is 1. The van der Waals surface area contributed by atoms with Crippen LogP contribution in [0.25, 0.3) is 0 Å². The van der Waals surface area contributed by atoms with E-state index in [2.05, 4.69) is 0 Å². The lowest BCUT2D eigenvalue weighted by atomic mass is 10.0. The van der Waals surface area contributed by atoms with Gasteiger partial charge in [-0.05, 0) is 23.8 Å². The van der Waals surface area contributed by atoms with Crippen molar-refractivity contribution in [3.05, 3.63) is 29.3 Å². The first-order valence-electron chi connectivity index (χ1n) is 4.30. The Bertz CT molecular complexity index is 344. The standard InChI is InChI=1S/C11H12O3/c1-8(6-12)10-3-9(7-13)4-11(5-10)14-2/h3-8H,1-2H3. The highest BCUT2D eigenvalue weighted by molar-refractivity contribution is 5.77. The molecular formula is C11H12O3. The highest BCUT2D eigenvalue weighted by Gasteiger charge is 2.07. The van der Waals surface area contributed by atoms with Gasteiger partial charge < -0.3 is 9.53 Å². The third kappa shape index (κ3) is 2.19. The van der Waals surface area contributed by atoms with E-state index in [0.717, 1.165) is 18.1 Å². The smallest absolute Gasteiger partial charge is 0.150 e. The molecule has 0 N–H and O–H groups in total. The van der Waals surface area contributed by atoms with E-state index in [1.807, 2.05) is 0 Å². The van der Waals surface area contributed by atoms with Gasteiger partial charge in [-0.2, -0.15) is 0 Å². The van der Waals surface area contributed by atoms with Gasteiger partial charge >= 0.3 is 0 Å². The molecule has 1 aromatic carbocycles. The van der Waals surface area contributed by atoms with Crippen LogP contribution in [0.1, 0.15) is 28.8 Å². The summed E-state index contributed by atoms with van der Waals surface area (Å²) in [5.74, 6) is 0.377. The normalized spacial score (nSPS) is 11.9. The minimum absolute atomic E-state index is 0.219. The largest absolute Gasteiger partial charge is 0.497 e. The van der Waals surface area contributed by atoms with Crippen LogP contribution in [-0.4, -0.2) is 19.7 Å². The second-order valence-corrected chi connectivity index (χ2v) is 3.08. The summed E-state index contributed by atoms with van der Waals surface area (Å²) >= 11 is 0. The summed E-state index contributed by atoms with van der Waals surface area (Å²) in [7, 11) is 1.53. The van der Waals surface area contributed by atoms with Crippen molar-refractivity contribution in [3.63, 3.8) is 0 Å². The Morgan fingerprint density at radius 1 is 1.29 bits per heavy atom. The summed E-state index contributed by atoms with van der Waals surface area (Å²) in [6.45, 7) is 1.77. The zero-order valence-electron chi connectivity index (χ0n) is 8.19. The van der Waals surface area contributed by atoms with Crippen molar-refractivity contribution in [2.24, 2.45) is 0 Å². The molecular weight excluding hydrogens is 180 g/mol. The van der Waals surface area contributed by atoms with Gasteiger partial charge in [0.05, 0.1) is 7.11 Å². The quantitative estimate of drug-likeness (QED) is 0.683. The van der Waals surface area contributed by atoms with Gasteiger partial charge in [0.1, 0.15) is 18.3 Å². The van der Waals surface area contributed by atoms with E-state index < -0.39 is 0 Å². The molecule has 1 unspecified atom stereocenters. The average molecular weight is 192 g/mol. The Morgan fingerprint density at radius 2 is 2.00 bits per heavy atom. The first-order chi connectivity index (χ1) is 6.71. The van der Waals surface area contributed by atoms with E-state index in [1.165, 1.54) is 7.11 Å². The molecule has 0 aliphatic carbocycles. The summed E-state index contributed by atoms with van der Waals surface area (Å²) in [6.07, 6.45) is 1.58. The number of aldehydes is 2. The lowest BCUT2D eigenvalue weighted by Gasteiger charge is -2.07. The van der Waals surface area contributed by atoms with E-state index in [4.69, 9.17) is 4.74 Å². The third-order valence-corrected chi connectivity index (χ3v) is 2.05. The molecule has 0 radical (unpaired) electrons. The molecule has 3 nitrogen and oxygen atoms in total. The molecule has 74 valence electrons. The van der Waals surface area contributed by atoms with Crippen LogP contribution in [0, 0.1) is 0 Å². The lowest BCUT2D eigenvalue weighted by Crippen LogP contribution is -1.97. The third-order valence-electron chi connectivity index (χ3n) is 2.05. The fourth-order valence-electron chi connectivity index (χ4n) is 1.17. The van der Waals surface area contributed by atoms with Crippen LogP contribution < -0.4 is 4.74 Å². The summed E-state index contributed by atoms with van der Waals surface area (Å²) in [5.41, 5.74) is 1.31. The van der Waals surface area contributed by atoms with Crippen molar-refractivity contribution in [3.8, 4) is 5.75 Å². The Morgan fingerprint density at radius 3 is 2.50 bits per heavy atom. The lowest BCUT2D eigenvalue weighted by molar-refractivity contribution is -0.108. The van der Waals surface area contributed by atoms with E-state index in [0.29, 0.717) is 11.3 Å². The monoisotopic (exact) mass is 192 g/mol. The average Bonchev–Trinajstić information content (AvgIpc) is 2.27. The predicted molar refractivity (Wildman–Crippen MR) is 52.9 cm³/mol. The number of carbonyl (C=O) groups is 2. The number of carbonyl (C=O) groups excluding carboxylic acids is 2. The topological polar surface area (TPSA) is 43.4 Å². The van der Waals surface area contributed by atoms with Crippen LogP contribution in [0.5, 0.6) is 5.75 Å². The number of hydrogen-bond donors (Lipinski definition) is 0. The molecule has 0 heterocycles. The summed E-state index contributed by atoms with van der Waals surface area (Å²) in [6, 6.07) is 5.08. The molecule has 0 aliphatic heterocycles. The number of methoxy groups -OCH3 is 1. The van der Waals surface area contributed by atoms with Crippen LogP contribution in [0.3, 0.4) is 0 Å². The maximum Gasteiger partial charge on any atom is 0.150 e. The molecule has 14 heavy (non-hydrogen) atoms.